The Bertz CT molecular complexity index is 189. The highest BCUT2D eigenvalue weighted by Crippen LogP contribution is 1.78. The van der Waals surface area contributed by atoms with Crippen molar-refractivity contribution in [3.8, 4) is 0 Å². The molecule has 4 N–H and O–H groups in total. The number of carbonyl (C=O) groups excluding carboxylic acids is 2. The molecule has 16 heavy (non-hydrogen) atoms. The van der Waals surface area contributed by atoms with Crippen LogP contribution in [0.2, 0.25) is 0 Å². The van der Waals surface area contributed by atoms with Crippen molar-refractivity contribution in [1.82, 2.24) is 10.6 Å². The summed E-state index contributed by atoms with van der Waals surface area (Å²) in [7, 11) is 1.54. The van der Waals surface area contributed by atoms with Crippen molar-refractivity contribution < 1.29 is 19.1 Å². The molecule has 0 unspecified atom stereocenters. The zero-order valence-corrected chi connectivity index (χ0v) is 9.45. The molecule has 0 heterocycles. The normalized spacial score (nSPS) is 9.88. The first-order valence-corrected chi connectivity index (χ1v) is 5.03. The standard InChI is InChI=1S/C9H19N3O4/c1-11-9(14)7-16-5-4-15-3-2-12-8(13)6-10/h2-7,10H2,1H3,(H,11,14)(H,12,13). The van der Waals surface area contributed by atoms with Gasteiger partial charge in [0.05, 0.1) is 26.4 Å². The molecule has 0 bridgehead atoms. The number of likely N-dealkylation sites (N-methyl/N-ethyl adjacent to an activating group) is 1. The first-order chi connectivity index (χ1) is 7.70. The van der Waals surface area contributed by atoms with Crippen molar-refractivity contribution in [2.45, 2.75) is 0 Å². The summed E-state index contributed by atoms with van der Waals surface area (Å²) in [6.07, 6.45) is 0. The zero-order chi connectivity index (χ0) is 12.2. The summed E-state index contributed by atoms with van der Waals surface area (Å²) in [5, 5.41) is 4.99. The lowest BCUT2D eigenvalue weighted by Gasteiger charge is -2.06. The largest absolute Gasteiger partial charge is 0.377 e. The summed E-state index contributed by atoms with van der Waals surface area (Å²) in [6, 6.07) is 0. The highest BCUT2D eigenvalue weighted by atomic mass is 16.5. The van der Waals surface area contributed by atoms with Crippen molar-refractivity contribution >= 4 is 11.8 Å². The fourth-order valence-electron chi connectivity index (χ4n) is 0.792. The Morgan fingerprint density at radius 1 is 1.12 bits per heavy atom. The minimum absolute atomic E-state index is 0.0186. The number of carbonyl (C=O) groups is 2. The summed E-state index contributed by atoms with van der Waals surface area (Å²) in [5.41, 5.74) is 5.08. The highest BCUT2D eigenvalue weighted by molar-refractivity contribution is 5.77. The van der Waals surface area contributed by atoms with Gasteiger partial charge in [-0.3, -0.25) is 9.59 Å². The molecule has 0 rings (SSSR count). The van der Waals surface area contributed by atoms with E-state index in [1.54, 1.807) is 7.05 Å². The number of amides is 2. The molecule has 7 nitrogen and oxygen atoms in total. The number of rotatable bonds is 9. The first-order valence-electron chi connectivity index (χ1n) is 5.03. The molecule has 2 amide bonds. The van der Waals surface area contributed by atoms with Crippen molar-refractivity contribution in [3.05, 3.63) is 0 Å². The topological polar surface area (TPSA) is 103 Å². The molecule has 0 atom stereocenters. The van der Waals surface area contributed by atoms with Crippen molar-refractivity contribution in [3.63, 3.8) is 0 Å². The van der Waals surface area contributed by atoms with Gasteiger partial charge in [0.2, 0.25) is 11.8 Å². The monoisotopic (exact) mass is 233 g/mol. The summed E-state index contributed by atoms with van der Waals surface area (Å²) >= 11 is 0. The van der Waals surface area contributed by atoms with E-state index in [9.17, 15) is 9.59 Å². The molecule has 0 aliphatic carbocycles. The van der Waals surface area contributed by atoms with Crippen LogP contribution in [0.15, 0.2) is 0 Å². The SMILES string of the molecule is CNC(=O)COCCOCCNC(=O)CN. The lowest BCUT2D eigenvalue weighted by molar-refractivity contribution is -0.126. The van der Waals surface area contributed by atoms with Crippen LogP contribution in [0.5, 0.6) is 0 Å². The van der Waals surface area contributed by atoms with E-state index in [1.165, 1.54) is 0 Å². The van der Waals surface area contributed by atoms with Gasteiger partial charge in [0.25, 0.3) is 0 Å². The van der Waals surface area contributed by atoms with E-state index in [0.29, 0.717) is 26.4 Å². The van der Waals surface area contributed by atoms with Gasteiger partial charge < -0.3 is 25.8 Å². The summed E-state index contributed by atoms with van der Waals surface area (Å²) in [6.45, 7) is 1.56. The van der Waals surface area contributed by atoms with Crippen LogP contribution < -0.4 is 16.4 Å². The second-order valence-electron chi connectivity index (χ2n) is 2.89. The average Bonchev–Trinajstić information content (AvgIpc) is 2.31. The van der Waals surface area contributed by atoms with Gasteiger partial charge in [-0.25, -0.2) is 0 Å². The van der Waals surface area contributed by atoms with Crippen LogP contribution in [-0.4, -0.2) is 58.4 Å². The third kappa shape index (κ3) is 9.38. The molecular formula is C9H19N3O4. The van der Waals surface area contributed by atoms with Gasteiger partial charge in [0, 0.05) is 13.6 Å². The maximum absolute atomic E-state index is 10.7. The van der Waals surface area contributed by atoms with Gasteiger partial charge in [0.1, 0.15) is 6.61 Å². The number of nitrogens with one attached hydrogen (secondary N) is 2. The van der Waals surface area contributed by atoms with E-state index in [0.717, 1.165) is 0 Å². The van der Waals surface area contributed by atoms with E-state index in [2.05, 4.69) is 10.6 Å². The predicted molar refractivity (Wildman–Crippen MR) is 57.8 cm³/mol. The Morgan fingerprint density at radius 2 is 1.81 bits per heavy atom. The van der Waals surface area contributed by atoms with E-state index in [4.69, 9.17) is 15.2 Å². The Kier molecular flexibility index (Phi) is 9.58. The number of hydrogen-bond donors (Lipinski definition) is 3. The van der Waals surface area contributed by atoms with Crippen LogP contribution >= 0.6 is 0 Å². The number of ether oxygens (including phenoxy) is 2. The van der Waals surface area contributed by atoms with Gasteiger partial charge in [-0.1, -0.05) is 0 Å². The minimum Gasteiger partial charge on any atom is -0.377 e. The van der Waals surface area contributed by atoms with Gasteiger partial charge in [-0.2, -0.15) is 0 Å². The van der Waals surface area contributed by atoms with Crippen LogP contribution in [0.25, 0.3) is 0 Å². The molecule has 0 aromatic rings. The first kappa shape index (κ1) is 14.8. The quantitative estimate of drug-likeness (QED) is 0.394. The zero-order valence-electron chi connectivity index (χ0n) is 9.45. The summed E-state index contributed by atoms with van der Waals surface area (Å²) in [4.78, 5) is 21.4. The minimum atomic E-state index is -0.209. The molecule has 0 aromatic carbocycles. The van der Waals surface area contributed by atoms with Gasteiger partial charge in [0.15, 0.2) is 0 Å². The number of hydrogen-bond acceptors (Lipinski definition) is 5. The second-order valence-corrected chi connectivity index (χ2v) is 2.89. The van der Waals surface area contributed by atoms with Crippen LogP contribution in [0.1, 0.15) is 0 Å². The molecule has 0 aliphatic heterocycles. The van der Waals surface area contributed by atoms with Crippen molar-refractivity contribution in [1.29, 1.82) is 0 Å². The van der Waals surface area contributed by atoms with Crippen LogP contribution in [0.4, 0.5) is 0 Å². The van der Waals surface area contributed by atoms with Gasteiger partial charge >= 0.3 is 0 Å². The van der Waals surface area contributed by atoms with Crippen molar-refractivity contribution in [2.24, 2.45) is 5.73 Å². The van der Waals surface area contributed by atoms with E-state index < -0.39 is 0 Å². The van der Waals surface area contributed by atoms with Crippen LogP contribution in [-0.2, 0) is 19.1 Å². The lowest BCUT2D eigenvalue weighted by Crippen LogP contribution is -2.33. The third-order valence-corrected chi connectivity index (χ3v) is 1.64. The maximum Gasteiger partial charge on any atom is 0.245 e. The lowest BCUT2D eigenvalue weighted by atomic mass is 10.5. The van der Waals surface area contributed by atoms with Crippen LogP contribution in [0, 0.1) is 0 Å². The van der Waals surface area contributed by atoms with Crippen LogP contribution in [0.3, 0.4) is 0 Å². The molecule has 0 saturated heterocycles. The summed E-state index contributed by atoms with van der Waals surface area (Å²) < 4.78 is 10.1. The molecule has 94 valence electrons. The van der Waals surface area contributed by atoms with Crippen molar-refractivity contribution in [2.75, 3.05) is 46.6 Å². The predicted octanol–water partition coefficient (Wildman–Crippen LogP) is -2.16. The van der Waals surface area contributed by atoms with E-state index >= 15 is 0 Å². The van der Waals surface area contributed by atoms with Gasteiger partial charge in [-0.15, -0.1) is 0 Å². The Morgan fingerprint density at radius 3 is 2.44 bits per heavy atom. The number of nitrogens with two attached hydrogens (primary N) is 1. The summed E-state index contributed by atoms with van der Waals surface area (Å²) in [5.74, 6) is -0.380. The Balaban J connectivity index is 3.10. The molecule has 0 fully saturated rings. The Hall–Kier alpha value is -1.18. The van der Waals surface area contributed by atoms with E-state index in [-0.39, 0.29) is 25.0 Å². The highest BCUT2D eigenvalue weighted by Gasteiger charge is 1.97. The van der Waals surface area contributed by atoms with Gasteiger partial charge in [-0.05, 0) is 0 Å². The fraction of sp³-hybridized carbons (Fsp3) is 0.778. The average molecular weight is 233 g/mol. The molecule has 0 saturated carbocycles. The maximum atomic E-state index is 10.7. The third-order valence-electron chi connectivity index (χ3n) is 1.64. The molecule has 0 aromatic heterocycles. The molecular weight excluding hydrogens is 214 g/mol. The Labute approximate surface area is 94.6 Å². The molecule has 0 spiro atoms. The fourth-order valence-corrected chi connectivity index (χ4v) is 0.792. The molecule has 7 heteroatoms. The molecule has 0 radical (unpaired) electrons. The van der Waals surface area contributed by atoms with E-state index in [1.807, 2.05) is 0 Å². The second kappa shape index (κ2) is 10.3. The molecule has 0 aliphatic rings. The smallest absolute Gasteiger partial charge is 0.245 e.